The van der Waals surface area contributed by atoms with Gasteiger partial charge < -0.3 is 55.5 Å². The van der Waals surface area contributed by atoms with E-state index >= 15 is 0 Å². The highest BCUT2D eigenvalue weighted by atomic mass is 35.5. The van der Waals surface area contributed by atoms with Gasteiger partial charge in [-0.25, -0.2) is 0 Å². The van der Waals surface area contributed by atoms with Gasteiger partial charge in [-0.15, -0.1) is 0 Å². The highest BCUT2D eigenvalue weighted by Crippen LogP contribution is 2.34. The highest BCUT2D eigenvalue weighted by Gasteiger charge is 2.44. The normalized spacial score (nSPS) is 26.3. The Balaban J connectivity index is 0.000000342. The number of hydrogen-bond donors (Lipinski definition) is 8. The first kappa shape index (κ1) is 41.4. The van der Waals surface area contributed by atoms with Gasteiger partial charge in [0.1, 0.15) is 61.6 Å². The van der Waals surface area contributed by atoms with E-state index in [2.05, 4.69) is 15.4 Å². The Morgan fingerprint density at radius 2 is 1.48 bits per heavy atom. The fourth-order valence-corrected chi connectivity index (χ4v) is 5.59. The summed E-state index contributed by atoms with van der Waals surface area (Å²) in [7, 11) is 0. The van der Waals surface area contributed by atoms with Gasteiger partial charge in [0.2, 0.25) is 0 Å². The molecule has 0 aromatic heterocycles. The molecule has 0 amide bonds. The summed E-state index contributed by atoms with van der Waals surface area (Å²) in [5.41, 5.74) is 2.11. The van der Waals surface area contributed by atoms with Gasteiger partial charge in [-0.05, 0) is 80.1 Å². The van der Waals surface area contributed by atoms with Crippen LogP contribution >= 0.6 is 11.6 Å². The van der Waals surface area contributed by atoms with Gasteiger partial charge in [-0.3, -0.25) is 9.59 Å². The number of carboxylic acid groups (broad SMARTS) is 2. The summed E-state index contributed by atoms with van der Waals surface area (Å²) >= 11 is 6.34. The molecule has 3 aliphatic rings. The van der Waals surface area contributed by atoms with Crippen molar-refractivity contribution >= 4 is 23.5 Å². The summed E-state index contributed by atoms with van der Waals surface area (Å²) in [6, 6.07) is 11.4. The van der Waals surface area contributed by atoms with E-state index in [9.17, 15) is 43.2 Å². The van der Waals surface area contributed by atoms with Crippen LogP contribution in [0.1, 0.15) is 48.5 Å². The smallest absolute Gasteiger partial charge is 0.411 e. The van der Waals surface area contributed by atoms with Gasteiger partial charge in [0.15, 0.2) is 0 Å². The van der Waals surface area contributed by atoms with E-state index < -0.39 is 61.8 Å². The number of halogens is 4. The summed E-state index contributed by atoms with van der Waals surface area (Å²) < 4.78 is 51.6. The maximum atomic E-state index is 12.0. The van der Waals surface area contributed by atoms with E-state index in [0.29, 0.717) is 28.3 Å². The summed E-state index contributed by atoms with van der Waals surface area (Å²) in [5.74, 6) is -0.967. The first-order valence-corrected chi connectivity index (χ1v) is 16.5. The van der Waals surface area contributed by atoms with Gasteiger partial charge in [-0.2, -0.15) is 13.2 Å². The fraction of sp³-hybridized carbons (Fsp3) is 0.576. The van der Waals surface area contributed by atoms with Gasteiger partial charge in [0, 0.05) is 5.02 Å². The lowest BCUT2D eigenvalue weighted by Crippen LogP contribution is -2.55. The lowest BCUT2D eigenvalue weighted by atomic mass is 9.90. The molecule has 0 spiro atoms. The molecular weight excluding hydrogens is 693 g/mol. The summed E-state index contributed by atoms with van der Waals surface area (Å²) in [5, 5.41) is 62.7. The lowest BCUT2D eigenvalue weighted by Gasteiger charge is -2.40. The first-order valence-electron chi connectivity index (χ1n) is 16.1. The van der Waals surface area contributed by atoms with Crippen molar-refractivity contribution in [1.82, 2.24) is 10.6 Å². The zero-order valence-electron chi connectivity index (χ0n) is 27.1. The third-order valence-electron chi connectivity index (χ3n) is 8.09. The number of ether oxygens (including phenoxy) is 3. The quantitative estimate of drug-likeness (QED) is 0.156. The Morgan fingerprint density at radius 1 is 0.880 bits per heavy atom. The molecule has 3 saturated heterocycles. The molecule has 2 aromatic rings. The van der Waals surface area contributed by atoms with E-state index in [-0.39, 0.29) is 25.3 Å². The van der Waals surface area contributed by atoms with Gasteiger partial charge >= 0.3 is 18.1 Å². The molecule has 13 nitrogen and oxygen atoms in total. The van der Waals surface area contributed by atoms with E-state index in [1.54, 1.807) is 42.5 Å². The monoisotopic (exact) mass is 736 g/mol. The number of aliphatic hydroxyl groups excluding tert-OH is 4. The standard InChI is InChI=1S/C23H26ClF3O7.2C5H9NO2/c24-17-6-3-14(22-21(31)20(30)19(29)18(11-28)34-22)10-15(17)9-13-1-4-16(5-2-13)33-8-7-32-12-23(25,26)27;2*7-5(8)4-2-1-3-6-4/h1-6,10,18-22,28-31H,7-9,11-12H2;2*4,6H,1-3H2,(H,7,8)/t18-,19-,20+,21-,22+;2*4-/m100/s1. The molecule has 17 heteroatoms. The van der Waals surface area contributed by atoms with Crippen molar-refractivity contribution in [2.24, 2.45) is 0 Å². The van der Waals surface area contributed by atoms with Crippen LogP contribution in [0, 0.1) is 0 Å². The number of aliphatic carboxylic acids is 2. The topological polar surface area (TPSA) is 207 Å². The van der Waals surface area contributed by atoms with Crippen LogP contribution in [-0.2, 0) is 25.5 Å². The SMILES string of the molecule is O=C(O)[C@@H]1CCCN1.O=C(O)[C@@H]1CCCN1.OC[C@H]1O[C@@H](c2ccc(Cl)c(Cc3ccc(OCCOCC(F)(F)F)cc3)c2)[C@H](O)[C@@H](O)[C@@H]1O. The number of aliphatic hydroxyl groups is 4. The fourth-order valence-electron chi connectivity index (χ4n) is 5.40. The average molecular weight is 737 g/mol. The summed E-state index contributed by atoms with van der Waals surface area (Å²) in [6.45, 7) is -0.346. The molecule has 3 fully saturated rings. The number of nitrogens with one attached hydrogen (secondary N) is 2. The number of benzene rings is 2. The highest BCUT2D eigenvalue weighted by molar-refractivity contribution is 6.31. The van der Waals surface area contributed by atoms with Crippen molar-refractivity contribution < 1.29 is 67.6 Å². The second kappa shape index (κ2) is 20.1. The van der Waals surface area contributed by atoms with Crippen LogP contribution in [0.2, 0.25) is 5.02 Å². The van der Waals surface area contributed by atoms with E-state index in [0.717, 1.165) is 44.3 Å². The van der Waals surface area contributed by atoms with Crippen molar-refractivity contribution in [2.45, 2.75) is 80.9 Å². The number of alkyl halides is 3. The van der Waals surface area contributed by atoms with Crippen molar-refractivity contribution in [2.75, 3.05) is 39.5 Å². The molecular formula is C33H44ClF3N2O11. The van der Waals surface area contributed by atoms with Crippen LogP contribution in [-0.4, -0.2) is 125 Å². The second-order valence-corrected chi connectivity index (χ2v) is 12.3. The Morgan fingerprint density at radius 3 is 1.96 bits per heavy atom. The van der Waals surface area contributed by atoms with Gasteiger partial charge in [0.05, 0.1) is 13.2 Å². The minimum Gasteiger partial charge on any atom is -0.491 e. The van der Waals surface area contributed by atoms with Crippen LogP contribution in [0.15, 0.2) is 42.5 Å². The molecule has 0 aliphatic carbocycles. The molecule has 5 rings (SSSR count). The zero-order chi connectivity index (χ0) is 36.8. The molecule has 2 aromatic carbocycles. The minimum absolute atomic E-state index is 0.0254. The number of carboxylic acids is 2. The third kappa shape index (κ3) is 13.2. The third-order valence-corrected chi connectivity index (χ3v) is 8.46. The second-order valence-electron chi connectivity index (χ2n) is 11.9. The molecule has 280 valence electrons. The van der Waals surface area contributed by atoms with Gasteiger partial charge in [0.25, 0.3) is 0 Å². The average Bonchev–Trinajstić information content (AvgIpc) is 3.82. The molecule has 0 bridgehead atoms. The minimum atomic E-state index is -4.37. The van der Waals surface area contributed by atoms with E-state index in [1.807, 2.05) is 0 Å². The predicted molar refractivity (Wildman–Crippen MR) is 173 cm³/mol. The molecule has 7 atom stereocenters. The maximum Gasteiger partial charge on any atom is 0.411 e. The van der Waals surface area contributed by atoms with Crippen LogP contribution < -0.4 is 15.4 Å². The van der Waals surface area contributed by atoms with E-state index in [1.165, 1.54) is 0 Å². The van der Waals surface area contributed by atoms with Crippen molar-refractivity contribution in [3.8, 4) is 5.75 Å². The van der Waals surface area contributed by atoms with Crippen molar-refractivity contribution in [3.05, 3.63) is 64.2 Å². The largest absolute Gasteiger partial charge is 0.491 e. The van der Waals surface area contributed by atoms with Crippen LogP contribution in [0.25, 0.3) is 0 Å². The van der Waals surface area contributed by atoms with Crippen molar-refractivity contribution in [1.29, 1.82) is 0 Å². The molecule has 0 radical (unpaired) electrons. The Bertz CT molecular complexity index is 1320. The van der Waals surface area contributed by atoms with Crippen LogP contribution in [0.5, 0.6) is 5.75 Å². The maximum absolute atomic E-state index is 12.0. The molecule has 0 unspecified atom stereocenters. The number of rotatable bonds is 11. The molecule has 3 aliphatic heterocycles. The number of carbonyl (C=O) groups is 2. The molecule has 0 saturated carbocycles. The predicted octanol–water partition coefficient (Wildman–Crippen LogP) is 2.05. The molecule has 3 heterocycles. The van der Waals surface area contributed by atoms with Crippen molar-refractivity contribution in [3.63, 3.8) is 0 Å². The number of hydrogen-bond acceptors (Lipinski definition) is 11. The molecule has 8 N–H and O–H groups in total. The first-order chi connectivity index (χ1) is 23.7. The Hall–Kier alpha value is -3.06. The summed E-state index contributed by atoms with van der Waals surface area (Å²) in [6.07, 6.45) is -6.71. The Kier molecular flexibility index (Phi) is 16.6. The summed E-state index contributed by atoms with van der Waals surface area (Å²) in [4.78, 5) is 20.3. The zero-order valence-corrected chi connectivity index (χ0v) is 27.9. The van der Waals surface area contributed by atoms with Gasteiger partial charge in [-0.1, -0.05) is 35.9 Å². The Labute approximate surface area is 291 Å². The van der Waals surface area contributed by atoms with E-state index in [4.69, 9.17) is 31.3 Å². The van der Waals surface area contributed by atoms with Crippen LogP contribution in [0.4, 0.5) is 13.2 Å². The van der Waals surface area contributed by atoms with Crippen LogP contribution in [0.3, 0.4) is 0 Å². The lowest BCUT2D eigenvalue weighted by molar-refractivity contribution is -0.231. The molecule has 50 heavy (non-hydrogen) atoms.